The number of methoxy groups -OCH3 is 1. The Morgan fingerprint density at radius 3 is 1.27 bits per heavy atom. The van der Waals surface area contributed by atoms with E-state index in [0.717, 1.165) is 20.1 Å². The average molecular weight is 166 g/mol. The van der Waals surface area contributed by atoms with Crippen LogP contribution in [-0.4, -0.2) is 25.9 Å². The van der Waals surface area contributed by atoms with Gasteiger partial charge in [0.2, 0.25) is 0 Å². The van der Waals surface area contributed by atoms with Crippen LogP contribution in [0.25, 0.3) is 0 Å². The molecule has 0 spiro atoms. The predicted octanol–water partition coefficient (Wildman–Crippen LogP) is 2.70. The summed E-state index contributed by atoms with van der Waals surface area (Å²) in [7, 11) is 2.71. The van der Waals surface area contributed by atoms with Crippen molar-refractivity contribution < 1.29 is 9.84 Å². The maximum atomic E-state index is 7.00. The van der Waals surface area contributed by atoms with Gasteiger partial charge in [0.15, 0.2) is 0 Å². The van der Waals surface area contributed by atoms with Gasteiger partial charge in [0.05, 0.1) is 0 Å². The SMILES string of the molecule is CC.CC.CCCOC.CO. The molecule has 2 heteroatoms. The van der Waals surface area contributed by atoms with Crippen molar-refractivity contribution in [3.8, 4) is 0 Å². The van der Waals surface area contributed by atoms with E-state index in [-0.39, 0.29) is 0 Å². The third-order valence-electron chi connectivity index (χ3n) is 0.408. The van der Waals surface area contributed by atoms with Crippen molar-refractivity contribution in [1.29, 1.82) is 0 Å². The molecule has 0 unspecified atom stereocenters. The van der Waals surface area contributed by atoms with Crippen LogP contribution in [0.2, 0.25) is 0 Å². The first-order chi connectivity index (χ1) is 5.41. The summed E-state index contributed by atoms with van der Waals surface area (Å²) in [5.41, 5.74) is 0. The van der Waals surface area contributed by atoms with E-state index in [0.29, 0.717) is 0 Å². The molecular formula is C9H26O2. The van der Waals surface area contributed by atoms with Crippen LogP contribution in [0, 0.1) is 0 Å². The van der Waals surface area contributed by atoms with Gasteiger partial charge in [-0.1, -0.05) is 34.6 Å². The number of hydrogen-bond donors (Lipinski definition) is 1. The second-order valence-electron chi connectivity index (χ2n) is 0.993. The molecule has 11 heavy (non-hydrogen) atoms. The smallest absolute Gasteiger partial charge is 0.0459 e. The third kappa shape index (κ3) is 169. The predicted molar refractivity (Wildman–Crippen MR) is 53.0 cm³/mol. The molecule has 0 aromatic heterocycles. The molecule has 74 valence electrons. The summed E-state index contributed by atoms with van der Waals surface area (Å²) in [5.74, 6) is 0. The monoisotopic (exact) mass is 166 g/mol. The second kappa shape index (κ2) is 92.6. The normalized spacial score (nSPS) is 5.45. The third-order valence-corrected chi connectivity index (χ3v) is 0.408. The summed E-state index contributed by atoms with van der Waals surface area (Å²) in [6, 6.07) is 0. The van der Waals surface area contributed by atoms with Crippen LogP contribution in [0.4, 0.5) is 0 Å². The van der Waals surface area contributed by atoms with Gasteiger partial charge in [-0.3, -0.25) is 0 Å². The minimum atomic E-state index is 0.889. The molecule has 1 N–H and O–H groups in total. The lowest BCUT2D eigenvalue weighted by Gasteiger charge is -1.84. The van der Waals surface area contributed by atoms with Crippen LogP contribution in [0.3, 0.4) is 0 Å². The van der Waals surface area contributed by atoms with E-state index in [2.05, 4.69) is 6.92 Å². The van der Waals surface area contributed by atoms with E-state index in [1.807, 2.05) is 27.7 Å². The summed E-state index contributed by atoms with van der Waals surface area (Å²) < 4.78 is 4.69. The van der Waals surface area contributed by atoms with Crippen molar-refractivity contribution in [1.82, 2.24) is 0 Å². The lowest BCUT2D eigenvalue weighted by atomic mass is 10.5. The summed E-state index contributed by atoms with van der Waals surface area (Å²) in [4.78, 5) is 0. The van der Waals surface area contributed by atoms with Crippen molar-refractivity contribution in [2.45, 2.75) is 41.0 Å². The van der Waals surface area contributed by atoms with Crippen LogP contribution in [0.1, 0.15) is 41.0 Å². The summed E-state index contributed by atoms with van der Waals surface area (Å²) in [6.07, 6.45) is 1.12. The van der Waals surface area contributed by atoms with Gasteiger partial charge in [0.25, 0.3) is 0 Å². The molecule has 0 atom stereocenters. The highest BCUT2D eigenvalue weighted by Crippen LogP contribution is 1.70. The average Bonchev–Trinajstić information content (AvgIpc) is 2.16. The van der Waals surface area contributed by atoms with Crippen LogP contribution in [-0.2, 0) is 4.74 Å². The molecule has 0 aromatic rings. The minimum absolute atomic E-state index is 0.889. The molecule has 2 nitrogen and oxygen atoms in total. The van der Waals surface area contributed by atoms with Crippen molar-refractivity contribution >= 4 is 0 Å². The fourth-order valence-electron chi connectivity index (χ4n) is 0.204. The highest BCUT2D eigenvalue weighted by molar-refractivity contribution is 4.15. The zero-order valence-corrected chi connectivity index (χ0v) is 9.27. The molecule has 0 saturated heterocycles. The van der Waals surface area contributed by atoms with E-state index in [9.17, 15) is 0 Å². The van der Waals surface area contributed by atoms with Gasteiger partial charge in [-0.05, 0) is 6.42 Å². The Labute approximate surface area is 72.6 Å². The Morgan fingerprint density at radius 2 is 1.27 bits per heavy atom. The van der Waals surface area contributed by atoms with Gasteiger partial charge < -0.3 is 9.84 Å². The van der Waals surface area contributed by atoms with Crippen LogP contribution < -0.4 is 0 Å². The molecule has 0 rings (SSSR count). The molecule has 0 radical (unpaired) electrons. The summed E-state index contributed by atoms with van der Waals surface area (Å²) in [5, 5.41) is 7.00. The summed E-state index contributed by atoms with van der Waals surface area (Å²) in [6.45, 7) is 11.0. The highest BCUT2D eigenvalue weighted by atomic mass is 16.5. The van der Waals surface area contributed by atoms with Gasteiger partial charge in [-0.15, -0.1) is 0 Å². The van der Waals surface area contributed by atoms with Crippen LogP contribution >= 0.6 is 0 Å². The fourth-order valence-corrected chi connectivity index (χ4v) is 0.204. The topological polar surface area (TPSA) is 29.5 Å². The van der Waals surface area contributed by atoms with E-state index in [1.165, 1.54) is 0 Å². The molecule has 0 aliphatic rings. The molecule has 0 heterocycles. The van der Waals surface area contributed by atoms with Gasteiger partial charge in [-0.2, -0.15) is 0 Å². The maximum absolute atomic E-state index is 7.00. The molecule has 0 bridgehead atoms. The number of hydrogen-bond acceptors (Lipinski definition) is 2. The van der Waals surface area contributed by atoms with E-state index in [1.54, 1.807) is 7.11 Å². The van der Waals surface area contributed by atoms with E-state index < -0.39 is 0 Å². The lowest BCUT2D eigenvalue weighted by Crippen LogP contribution is -1.80. The molecule has 0 aliphatic carbocycles. The molecule has 0 saturated carbocycles. The molecule has 0 fully saturated rings. The van der Waals surface area contributed by atoms with E-state index >= 15 is 0 Å². The van der Waals surface area contributed by atoms with Crippen molar-refractivity contribution in [2.24, 2.45) is 0 Å². The van der Waals surface area contributed by atoms with E-state index in [4.69, 9.17) is 9.84 Å². The number of rotatable bonds is 2. The van der Waals surface area contributed by atoms with Crippen molar-refractivity contribution in [2.75, 3.05) is 20.8 Å². The molecule has 0 amide bonds. The lowest BCUT2D eigenvalue weighted by molar-refractivity contribution is 0.199. The number of aliphatic hydroxyl groups is 1. The molecule has 0 aliphatic heterocycles. The quantitative estimate of drug-likeness (QED) is 0.683. The minimum Gasteiger partial charge on any atom is -0.400 e. The van der Waals surface area contributed by atoms with Gasteiger partial charge >= 0.3 is 0 Å². The second-order valence-corrected chi connectivity index (χ2v) is 0.993. The van der Waals surface area contributed by atoms with Gasteiger partial charge in [0.1, 0.15) is 0 Å². The Bertz CT molecular complexity index is 15.0. The highest BCUT2D eigenvalue weighted by Gasteiger charge is 1.66. The standard InChI is InChI=1S/C4H10O.2C2H6.CH4O/c1-3-4-5-2;3*1-2/h3-4H2,1-2H3;2*1-2H3;2H,1H3. The van der Waals surface area contributed by atoms with Crippen LogP contribution in [0.5, 0.6) is 0 Å². The van der Waals surface area contributed by atoms with Gasteiger partial charge in [-0.25, -0.2) is 0 Å². The zero-order chi connectivity index (χ0) is 10.1. The maximum Gasteiger partial charge on any atom is 0.0459 e. The van der Waals surface area contributed by atoms with Crippen molar-refractivity contribution in [3.63, 3.8) is 0 Å². The Kier molecular flexibility index (Phi) is 189. The first kappa shape index (κ1) is 22.4. The zero-order valence-electron chi connectivity index (χ0n) is 9.27. The Morgan fingerprint density at radius 1 is 1.00 bits per heavy atom. The van der Waals surface area contributed by atoms with Crippen molar-refractivity contribution in [3.05, 3.63) is 0 Å². The number of ether oxygens (including phenoxy) is 1. The first-order valence-electron chi connectivity index (χ1n) is 4.35. The van der Waals surface area contributed by atoms with Crippen LogP contribution in [0.15, 0.2) is 0 Å². The molecular weight excluding hydrogens is 140 g/mol. The van der Waals surface area contributed by atoms with Gasteiger partial charge in [0, 0.05) is 20.8 Å². The fraction of sp³-hybridized carbons (Fsp3) is 1.00. The Hall–Kier alpha value is -0.0800. The largest absolute Gasteiger partial charge is 0.400 e. The Balaban J connectivity index is -0.0000000350. The number of aliphatic hydroxyl groups excluding tert-OH is 1. The first-order valence-corrected chi connectivity index (χ1v) is 4.35. The molecule has 0 aromatic carbocycles. The summed E-state index contributed by atoms with van der Waals surface area (Å²) >= 11 is 0.